The zero-order chi connectivity index (χ0) is 15.1. The monoisotopic (exact) mass is 291 g/mol. The van der Waals surface area contributed by atoms with E-state index in [9.17, 15) is 18.0 Å². The lowest BCUT2D eigenvalue weighted by molar-refractivity contribution is -0.145. The van der Waals surface area contributed by atoms with Crippen LogP contribution >= 0.6 is 0 Å². The lowest BCUT2D eigenvalue weighted by Crippen LogP contribution is -2.32. The molecule has 0 saturated carbocycles. The molecule has 1 aromatic rings. The van der Waals surface area contributed by atoms with Crippen LogP contribution in [0.4, 0.5) is 13.2 Å². The average Bonchev–Trinajstić information content (AvgIpc) is 2.40. The molecule has 0 heterocycles. The maximum atomic E-state index is 13.2. The molecule has 0 aliphatic carbocycles. The third-order valence-electron chi connectivity index (χ3n) is 2.52. The lowest BCUT2D eigenvalue weighted by Gasteiger charge is -2.17. The molecule has 0 amide bonds. The summed E-state index contributed by atoms with van der Waals surface area (Å²) in [5.41, 5.74) is -0.0454. The molecule has 20 heavy (non-hydrogen) atoms. The minimum atomic E-state index is -1.58. The van der Waals surface area contributed by atoms with Crippen molar-refractivity contribution in [1.29, 1.82) is 0 Å². The standard InChI is InChI=1S/C13H16F3NO3/c1-3-20-13(18)12(17-4-5-19-2)8-6-9(14)11(16)10(15)7-8/h6-7,12,17H,3-5H2,1-2H3. The summed E-state index contributed by atoms with van der Waals surface area (Å²) in [4.78, 5) is 11.8. The molecule has 1 aromatic carbocycles. The number of hydrogen-bond acceptors (Lipinski definition) is 4. The van der Waals surface area contributed by atoms with Gasteiger partial charge in [0.25, 0.3) is 0 Å². The molecule has 0 aromatic heterocycles. The van der Waals surface area contributed by atoms with Crippen molar-refractivity contribution in [2.24, 2.45) is 0 Å². The van der Waals surface area contributed by atoms with Gasteiger partial charge in [0.1, 0.15) is 6.04 Å². The van der Waals surface area contributed by atoms with Crippen molar-refractivity contribution in [3.63, 3.8) is 0 Å². The Morgan fingerprint density at radius 1 is 1.30 bits per heavy atom. The van der Waals surface area contributed by atoms with E-state index in [-0.39, 0.29) is 18.7 Å². The quantitative estimate of drug-likeness (QED) is 0.474. The molecule has 0 saturated heterocycles. The van der Waals surface area contributed by atoms with Crippen LogP contribution in [0.2, 0.25) is 0 Å². The molecule has 0 spiro atoms. The first kappa shape index (κ1) is 16.5. The molecule has 1 unspecified atom stereocenters. The van der Waals surface area contributed by atoms with Gasteiger partial charge in [-0.05, 0) is 24.6 Å². The van der Waals surface area contributed by atoms with E-state index >= 15 is 0 Å². The van der Waals surface area contributed by atoms with E-state index in [1.165, 1.54) is 7.11 Å². The number of esters is 1. The van der Waals surface area contributed by atoms with E-state index in [1.807, 2.05) is 0 Å². The third kappa shape index (κ3) is 4.21. The Morgan fingerprint density at radius 2 is 1.90 bits per heavy atom. The highest BCUT2D eigenvalue weighted by molar-refractivity contribution is 5.77. The fraction of sp³-hybridized carbons (Fsp3) is 0.462. The van der Waals surface area contributed by atoms with Gasteiger partial charge in [-0.2, -0.15) is 0 Å². The van der Waals surface area contributed by atoms with Crippen LogP contribution in [-0.2, 0) is 14.3 Å². The molecule has 0 radical (unpaired) electrons. The minimum Gasteiger partial charge on any atom is -0.465 e. The molecule has 4 nitrogen and oxygen atoms in total. The van der Waals surface area contributed by atoms with E-state index in [0.717, 1.165) is 12.1 Å². The maximum absolute atomic E-state index is 13.2. The van der Waals surface area contributed by atoms with E-state index in [2.05, 4.69) is 5.32 Å². The third-order valence-corrected chi connectivity index (χ3v) is 2.52. The first-order valence-corrected chi connectivity index (χ1v) is 6.04. The second-order valence-corrected chi connectivity index (χ2v) is 3.93. The van der Waals surface area contributed by atoms with Gasteiger partial charge in [0.05, 0.1) is 13.2 Å². The zero-order valence-electron chi connectivity index (χ0n) is 11.2. The van der Waals surface area contributed by atoms with Crippen molar-refractivity contribution < 1.29 is 27.4 Å². The molecular formula is C13H16F3NO3. The first-order chi connectivity index (χ1) is 9.51. The van der Waals surface area contributed by atoms with Gasteiger partial charge in [-0.3, -0.25) is 5.32 Å². The summed E-state index contributed by atoms with van der Waals surface area (Å²) >= 11 is 0. The fourth-order valence-corrected chi connectivity index (χ4v) is 1.61. The molecular weight excluding hydrogens is 275 g/mol. The molecule has 7 heteroatoms. The Kier molecular flexibility index (Phi) is 6.47. The normalized spacial score (nSPS) is 12.2. The molecule has 1 rings (SSSR count). The number of ether oxygens (including phenoxy) is 2. The average molecular weight is 291 g/mol. The molecule has 0 bridgehead atoms. The molecule has 1 N–H and O–H groups in total. The maximum Gasteiger partial charge on any atom is 0.327 e. The second kappa shape index (κ2) is 7.86. The molecule has 112 valence electrons. The van der Waals surface area contributed by atoms with Gasteiger partial charge >= 0.3 is 5.97 Å². The Morgan fingerprint density at radius 3 is 2.40 bits per heavy atom. The topological polar surface area (TPSA) is 47.6 Å². The van der Waals surface area contributed by atoms with Gasteiger partial charge < -0.3 is 9.47 Å². The molecule has 0 aliphatic heterocycles. The molecule has 0 aliphatic rings. The molecule has 1 atom stereocenters. The summed E-state index contributed by atoms with van der Waals surface area (Å²) in [6, 6.07) is 0.439. The van der Waals surface area contributed by atoms with Crippen LogP contribution < -0.4 is 5.32 Å². The zero-order valence-corrected chi connectivity index (χ0v) is 11.2. The summed E-state index contributed by atoms with van der Waals surface area (Å²) in [5, 5.41) is 2.74. The number of rotatable bonds is 7. The van der Waals surface area contributed by atoms with Crippen LogP contribution in [0.25, 0.3) is 0 Å². The number of nitrogens with one attached hydrogen (secondary N) is 1. The number of methoxy groups -OCH3 is 1. The van der Waals surface area contributed by atoms with Crippen LogP contribution in [0, 0.1) is 17.5 Å². The smallest absolute Gasteiger partial charge is 0.327 e. The predicted molar refractivity (Wildman–Crippen MR) is 65.6 cm³/mol. The Balaban J connectivity index is 2.99. The second-order valence-electron chi connectivity index (χ2n) is 3.93. The first-order valence-electron chi connectivity index (χ1n) is 6.04. The summed E-state index contributed by atoms with van der Waals surface area (Å²) in [7, 11) is 1.47. The highest BCUT2D eigenvalue weighted by Gasteiger charge is 2.24. The number of carbonyl (C=O) groups is 1. The van der Waals surface area contributed by atoms with E-state index in [4.69, 9.17) is 9.47 Å². The summed E-state index contributed by atoms with van der Waals surface area (Å²) < 4.78 is 49.0. The SMILES string of the molecule is CCOC(=O)C(NCCOC)c1cc(F)c(F)c(F)c1. The van der Waals surface area contributed by atoms with Crippen molar-refractivity contribution in [2.45, 2.75) is 13.0 Å². The van der Waals surface area contributed by atoms with E-state index < -0.39 is 29.5 Å². The van der Waals surface area contributed by atoms with Crippen LogP contribution in [0.15, 0.2) is 12.1 Å². The van der Waals surface area contributed by atoms with Gasteiger partial charge in [-0.15, -0.1) is 0 Å². The van der Waals surface area contributed by atoms with Gasteiger partial charge in [-0.1, -0.05) is 0 Å². The van der Waals surface area contributed by atoms with Gasteiger partial charge in [0, 0.05) is 13.7 Å². The number of hydrogen-bond donors (Lipinski definition) is 1. The Labute approximate surface area is 114 Å². The number of carbonyl (C=O) groups excluding carboxylic acids is 1. The fourth-order valence-electron chi connectivity index (χ4n) is 1.61. The van der Waals surface area contributed by atoms with Gasteiger partial charge in [0.2, 0.25) is 0 Å². The minimum absolute atomic E-state index is 0.0454. The Bertz CT molecular complexity index is 445. The van der Waals surface area contributed by atoms with E-state index in [0.29, 0.717) is 6.61 Å². The van der Waals surface area contributed by atoms with Crippen LogP contribution in [0.3, 0.4) is 0 Å². The largest absolute Gasteiger partial charge is 0.465 e. The number of halogens is 3. The number of benzene rings is 1. The summed E-state index contributed by atoms with van der Waals surface area (Å²) in [5.74, 6) is -4.99. The highest BCUT2D eigenvalue weighted by Crippen LogP contribution is 2.20. The summed E-state index contributed by atoms with van der Waals surface area (Å²) in [6.45, 7) is 2.28. The van der Waals surface area contributed by atoms with Crippen molar-refractivity contribution >= 4 is 5.97 Å². The van der Waals surface area contributed by atoms with Gasteiger partial charge in [-0.25, -0.2) is 18.0 Å². The van der Waals surface area contributed by atoms with Crippen molar-refractivity contribution in [1.82, 2.24) is 5.32 Å². The van der Waals surface area contributed by atoms with E-state index in [1.54, 1.807) is 6.92 Å². The van der Waals surface area contributed by atoms with Gasteiger partial charge in [0.15, 0.2) is 17.5 Å². The van der Waals surface area contributed by atoms with Crippen LogP contribution in [0.5, 0.6) is 0 Å². The Hall–Kier alpha value is -1.60. The van der Waals surface area contributed by atoms with Crippen LogP contribution in [-0.4, -0.2) is 32.8 Å². The molecule has 0 fully saturated rings. The lowest BCUT2D eigenvalue weighted by atomic mass is 10.1. The van der Waals surface area contributed by atoms with Crippen molar-refractivity contribution in [3.05, 3.63) is 35.1 Å². The highest BCUT2D eigenvalue weighted by atomic mass is 19.2. The van der Waals surface area contributed by atoms with Crippen molar-refractivity contribution in [2.75, 3.05) is 26.9 Å². The van der Waals surface area contributed by atoms with Crippen LogP contribution in [0.1, 0.15) is 18.5 Å². The van der Waals surface area contributed by atoms with Crippen molar-refractivity contribution in [3.8, 4) is 0 Å². The summed E-state index contributed by atoms with van der Waals surface area (Å²) in [6.07, 6.45) is 0. The predicted octanol–water partition coefficient (Wildman–Crippen LogP) is 1.94.